The van der Waals surface area contributed by atoms with E-state index in [9.17, 15) is 26.3 Å². The fourth-order valence-corrected chi connectivity index (χ4v) is 1.87. The molecule has 0 saturated heterocycles. The van der Waals surface area contributed by atoms with Crippen molar-refractivity contribution in [2.24, 2.45) is 5.92 Å². The average molecular weight is 408 g/mol. The number of hydrogen-bond donors (Lipinski definition) is 0. The molecule has 0 aromatic heterocycles. The molecule has 0 aliphatic carbocycles. The number of alkyl halides is 6. The van der Waals surface area contributed by atoms with Gasteiger partial charge in [0.05, 0.1) is 5.56 Å². The van der Waals surface area contributed by atoms with E-state index in [-0.39, 0.29) is 11.8 Å². The second-order valence-electron chi connectivity index (χ2n) is 6.51. The lowest BCUT2D eigenvalue weighted by Crippen LogP contribution is -2.11. The maximum atomic E-state index is 12.1. The summed E-state index contributed by atoms with van der Waals surface area (Å²) in [7, 11) is 0. The van der Waals surface area contributed by atoms with Gasteiger partial charge in [0.2, 0.25) is 0 Å². The number of benzene rings is 1. The first-order chi connectivity index (χ1) is 12.7. The first kappa shape index (κ1) is 25.8. The summed E-state index contributed by atoms with van der Waals surface area (Å²) in [6.07, 6.45) is -5.37. The van der Waals surface area contributed by atoms with Crippen molar-refractivity contribution in [2.75, 3.05) is 0 Å². The molecule has 1 aromatic rings. The third-order valence-corrected chi connectivity index (χ3v) is 3.88. The molecule has 0 N–H and O–H groups in total. The molecule has 0 amide bonds. The number of hydrogen-bond acceptors (Lipinski definition) is 1. The summed E-state index contributed by atoms with van der Waals surface area (Å²) in [5.74, 6) is 0.0640. The Labute approximate surface area is 162 Å². The molecule has 1 rings (SSSR count). The molecule has 7 heteroatoms. The zero-order chi connectivity index (χ0) is 22.1. The van der Waals surface area contributed by atoms with Crippen LogP contribution in [0.15, 0.2) is 60.9 Å². The molecule has 0 radical (unpaired) electrons. The Bertz CT molecular complexity index is 651. The van der Waals surface area contributed by atoms with Gasteiger partial charge in [-0.15, -0.1) is 13.2 Å². The Morgan fingerprint density at radius 2 is 1.46 bits per heavy atom. The maximum Gasteiger partial charge on any atom is 0.573 e. The van der Waals surface area contributed by atoms with Gasteiger partial charge < -0.3 is 4.74 Å². The summed E-state index contributed by atoms with van der Waals surface area (Å²) < 4.78 is 75.1. The number of ether oxygens (including phenoxy) is 1. The van der Waals surface area contributed by atoms with Crippen molar-refractivity contribution in [1.29, 1.82) is 0 Å². The van der Waals surface area contributed by atoms with E-state index in [4.69, 9.17) is 0 Å². The SMILES string of the molecule is C=C(/C=C\C(=C)C(C)CC)OC(F)(F)F.CC(C)c1ccc(C(F)(F)F)cc1. The fourth-order valence-electron chi connectivity index (χ4n) is 1.87. The minimum atomic E-state index is -4.68. The molecule has 0 fully saturated rings. The molecule has 1 nitrogen and oxygen atoms in total. The molecule has 1 atom stereocenters. The van der Waals surface area contributed by atoms with Crippen molar-refractivity contribution in [3.63, 3.8) is 0 Å². The molecule has 0 spiro atoms. The topological polar surface area (TPSA) is 9.23 Å². The maximum absolute atomic E-state index is 12.1. The van der Waals surface area contributed by atoms with Crippen molar-refractivity contribution in [3.05, 3.63) is 72.0 Å². The molecule has 0 bridgehead atoms. The normalized spacial score (nSPS) is 13.1. The summed E-state index contributed by atoms with van der Waals surface area (Å²) in [5, 5.41) is 0. The molecule has 1 unspecified atom stereocenters. The van der Waals surface area contributed by atoms with E-state index in [1.807, 2.05) is 27.7 Å². The Morgan fingerprint density at radius 1 is 0.964 bits per heavy atom. The van der Waals surface area contributed by atoms with E-state index in [1.54, 1.807) is 0 Å². The van der Waals surface area contributed by atoms with Crippen LogP contribution in [0.3, 0.4) is 0 Å². The Kier molecular flexibility index (Phi) is 10.1. The van der Waals surface area contributed by atoms with Crippen LogP contribution in [0, 0.1) is 5.92 Å². The fraction of sp³-hybridized carbons (Fsp3) is 0.429. The van der Waals surface area contributed by atoms with Crippen molar-refractivity contribution in [3.8, 4) is 0 Å². The first-order valence-corrected chi connectivity index (χ1v) is 8.66. The molecule has 0 aliphatic heterocycles. The molecule has 158 valence electrons. The van der Waals surface area contributed by atoms with Crippen molar-refractivity contribution >= 4 is 0 Å². The van der Waals surface area contributed by atoms with Crippen LogP contribution in [-0.4, -0.2) is 6.36 Å². The quantitative estimate of drug-likeness (QED) is 0.263. The van der Waals surface area contributed by atoms with Crippen molar-refractivity contribution < 1.29 is 31.1 Å². The van der Waals surface area contributed by atoms with Crippen molar-refractivity contribution in [2.45, 2.75) is 52.6 Å². The summed E-state index contributed by atoms with van der Waals surface area (Å²) in [6.45, 7) is 14.7. The average Bonchev–Trinajstić information content (AvgIpc) is 2.57. The monoisotopic (exact) mass is 408 g/mol. The largest absolute Gasteiger partial charge is 0.573 e. The zero-order valence-electron chi connectivity index (χ0n) is 16.4. The molecule has 1 aromatic carbocycles. The van der Waals surface area contributed by atoms with Gasteiger partial charge >= 0.3 is 12.5 Å². The first-order valence-electron chi connectivity index (χ1n) is 8.66. The van der Waals surface area contributed by atoms with Gasteiger partial charge in [0.25, 0.3) is 0 Å². The van der Waals surface area contributed by atoms with Gasteiger partial charge in [0.15, 0.2) is 0 Å². The Balaban J connectivity index is 0.000000525. The van der Waals surface area contributed by atoms with E-state index in [2.05, 4.69) is 17.9 Å². The predicted octanol–water partition coefficient (Wildman–Crippen LogP) is 8.02. The molecule has 28 heavy (non-hydrogen) atoms. The summed E-state index contributed by atoms with van der Waals surface area (Å²) in [5.41, 5.74) is 1.09. The van der Waals surface area contributed by atoms with Gasteiger partial charge in [-0.1, -0.05) is 64.6 Å². The minimum absolute atomic E-state index is 0.236. The van der Waals surface area contributed by atoms with E-state index in [1.165, 1.54) is 24.3 Å². The van der Waals surface area contributed by atoms with Crippen LogP contribution < -0.4 is 0 Å². The van der Waals surface area contributed by atoms with Crippen molar-refractivity contribution in [1.82, 2.24) is 0 Å². The highest BCUT2D eigenvalue weighted by Gasteiger charge is 2.31. The van der Waals surface area contributed by atoms with Crippen LogP contribution in [-0.2, 0) is 10.9 Å². The van der Waals surface area contributed by atoms with Gasteiger partial charge in [-0.2, -0.15) is 13.2 Å². The summed E-state index contributed by atoms with van der Waals surface area (Å²) in [6, 6.07) is 5.28. The highest BCUT2D eigenvalue weighted by Crippen LogP contribution is 2.30. The minimum Gasteiger partial charge on any atom is -0.406 e. The van der Waals surface area contributed by atoms with Gasteiger partial charge in [-0.3, -0.25) is 0 Å². The van der Waals surface area contributed by atoms with E-state index < -0.39 is 23.9 Å². The van der Waals surface area contributed by atoms with Gasteiger partial charge in [-0.05, 0) is 42.0 Å². The molecule has 0 heterocycles. The highest BCUT2D eigenvalue weighted by atomic mass is 19.4. The molecule has 0 aliphatic rings. The van der Waals surface area contributed by atoms with Crippen LogP contribution in [0.5, 0.6) is 0 Å². The lowest BCUT2D eigenvalue weighted by Gasteiger charge is -2.10. The standard InChI is InChI=1S/C11H15F3O.C10H11F3/c1-5-8(2)9(3)6-7-10(4)15-11(12,13)14;1-7(2)8-3-5-9(6-4-8)10(11,12)13/h6-8H,3-5H2,1-2H3;3-7H,1-2H3/b7-6-;. The Hall–Kier alpha value is -2.18. The van der Waals surface area contributed by atoms with Gasteiger partial charge in [-0.25, -0.2) is 0 Å². The van der Waals surface area contributed by atoms with E-state index in [0.717, 1.165) is 29.7 Å². The van der Waals surface area contributed by atoms with E-state index >= 15 is 0 Å². The third kappa shape index (κ3) is 10.8. The lowest BCUT2D eigenvalue weighted by molar-refractivity contribution is -0.303. The highest BCUT2D eigenvalue weighted by molar-refractivity contribution is 5.26. The van der Waals surface area contributed by atoms with Crippen LogP contribution in [0.25, 0.3) is 0 Å². The predicted molar refractivity (Wildman–Crippen MR) is 99.5 cm³/mol. The van der Waals surface area contributed by atoms with Crippen LogP contribution in [0.1, 0.15) is 51.2 Å². The number of halogens is 6. The molecular weight excluding hydrogens is 382 g/mol. The lowest BCUT2D eigenvalue weighted by atomic mass is 10.00. The van der Waals surface area contributed by atoms with Crippen LogP contribution in [0.4, 0.5) is 26.3 Å². The second kappa shape index (κ2) is 11.0. The molecule has 0 saturated carbocycles. The van der Waals surface area contributed by atoms with E-state index in [0.29, 0.717) is 0 Å². The number of allylic oxidation sites excluding steroid dienone is 3. The number of rotatable bonds is 6. The van der Waals surface area contributed by atoms with Crippen LogP contribution >= 0.6 is 0 Å². The summed E-state index contributed by atoms with van der Waals surface area (Å²) in [4.78, 5) is 0. The van der Waals surface area contributed by atoms with Gasteiger partial charge in [0.1, 0.15) is 5.76 Å². The summed E-state index contributed by atoms with van der Waals surface area (Å²) >= 11 is 0. The second-order valence-corrected chi connectivity index (χ2v) is 6.51. The third-order valence-electron chi connectivity index (χ3n) is 3.88. The van der Waals surface area contributed by atoms with Gasteiger partial charge in [0, 0.05) is 0 Å². The smallest absolute Gasteiger partial charge is 0.406 e. The van der Waals surface area contributed by atoms with Crippen LogP contribution in [0.2, 0.25) is 0 Å². The molecular formula is C21H26F6O. The Morgan fingerprint density at radius 3 is 1.82 bits per heavy atom. The zero-order valence-corrected chi connectivity index (χ0v) is 16.4.